The van der Waals surface area contributed by atoms with Gasteiger partial charge in [0.05, 0.1) is 30.3 Å². The Balaban J connectivity index is 1.44. The quantitative estimate of drug-likeness (QED) is 0.311. The number of nitrogens with zero attached hydrogens (tertiary/aromatic N) is 1. The maximum Gasteiger partial charge on any atom is 0.407 e. The molecule has 40 heavy (non-hydrogen) atoms. The molecule has 0 bridgehead atoms. The summed E-state index contributed by atoms with van der Waals surface area (Å²) in [5, 5.41) is 15.7. The van der Waals surface area contributed by atoms with Gasteiger partial charge in [0.2, 0.25) is 0 Å². The molecule has 2 fully saturated rings. The number of fused-ring (bicyclic) bond motifs is 1. The van der Waals surface area contributed by atoms with Gasteiger partial charge in [-0.2, -0.15) is 0 Å². The first-order valence-corrected chi connectivity index (χ1v) is 15.3. The molecule has 1 heterocycles. The second-order valence-corrected chi connectivity index (χ2v) is 12.7. The number of carbonyl (C=O) groups is 1. The summed E-state index contributed by atoms with van der Waals surface area (Å²) in [4.78, 5) is 15.6. The standard InChI is InChI=1S/C29H41N3O7S/c1-20(2)18-32(31-40(35,36)25-11-9-23(37-3)10-12-25)19-27(33)26(15-21-7-5-4-6-8-21)30-29(34)39-24-16-22-13-14-38-28(22)17-24/h4-12,20,22,24,26-28,31,33H,13-19H2,1-3H3,(H,30,34)/t22?,24-,26+,27-,28-/m1/s1. The average Bonchev–Trinajstić information content (AvgIpc) is 3.50. The maximum atomic E-state index is 13.1. The molecule has 1 unspecified atom stereocenters. The van der Waals surface area contributed by atoms with Crippen molar-refractivity contribution in [2.75, 3.05) is 26.8 Å². The predicted octanol–water partition coefficient (Wildman–Crippen LogP) is 3.11. The maximum absolute atomic E-state index is 13.1. The van der Waals surface area contributed by atoms with Crippen LogP contribution in [-0.2, 0) is 25.9 Å². The Morgan fingerprint density at radius 1 is 1.10 bits per heavy atom. The first-order valence-electron chi connectivity index (χ1n) is 13.8. The van der Waals surface area contributed by atoms with Crippen molar-refractivity contribution in [2.24, 2.45) is 11.8 Å². The lowest BCUT2D eigenvalue weighted by Crippen LogP contribution is -2.54. The van der Waals surface area contributed by atoms with Gasteiger partial charge in [0, 0.05) is 26.1 Å². The lowest BCUT2D eigenvalue weighted by Gasteiger charge is -2.31. The molecule has 1 saturated heterocycles. The van der Waals surface area contributed by atoms with Gasteiger partial charge < -0.3 is 24.6 Å². The molecule has 10 nitrogen and oxygen atoms in total. The number of alkyl carbamates (subject to hydrolysis) is 1. The van der Waals surface area contributed by atoms with Gasteiger partial charge in [-0.1, -0.05) is 44.2 Å². The van der Waals surface area contributed by atoms with Crippen LogP contribution in [-0.4, -0.2) is 75.8 Å². The van der Waals surface area contributed by atoms with Crippen LogP contribution in [0.2, 0.25) is 0 Å². The smallest absolute Gasteiger partial charge is 0.407 e. The third-order valence-corrected chi connectivity index (χ3v) is 8.75. The SMILES string of the molecule is COc1ccc(S(=O)(=O)NN(CC(C)C)C[C@@H](O)[C@H](Cc2ccccc2)NC(=O)O[C@@H]2CC3CCO[C@@H]3C2)cc1. The topological polar surface area (TPSA) is 126 Å². The summed E-state index contributed by atoms with van der Waals surface area (Å²) < 4.78 is 42.9. The van der Waals surface area contributed by atoms with Gasteiger partial charge in [-0.15, -0.1) is 4.83 Å². The van der Waals surface area contributed by atoms with Crippen LogP contribution in [0.5, 0.6) is 5.75 Å². The minimum Gasteiger partial charge on any atom is -0.497 e. The minimum atomic E-state index is -3.92. The van der Waals surface area contributed by atoms with Crippen molar-refractivity contribution in [1.82, 2.24) is 15.2 Å². The second kappa shape index (κ2) is 13.8. The van der Waals surface area contributed by atoms with Gasteiger partial charge in [0.1, 0.15) is 11.9 Å². The fourth-order valence-corrected chi connectivity index (χ4v) is 6.51. The van der Waals surface area contributed by atoms with Crippen LogP contribution in [0, 0.1) is 11.8 Å². The zero-order valence-electron chi connectivity index (χ0n) is 23.4. The molecule has 1 aliphatic carbocycles. The summed E-state index contributed by atoms with van der Waals surface area (Å²) >= 11 is 0. The van der Waals surface area contributed by atoms with Gasteiger partial charge in [-0.05, 0) is 60.9 Å². The minimum absolute atomic E-state index is 0.0488. The highest BCUT2D eigenvalue weighted by Gasteiger charge is 2.40. The number of benzene rings is 2. The number of sulfonamides is 1. The predicted molar refractivity (Wildman–Crippen MR) is 150 cm³/mol. The Morgan fingerprint density at radius 3 is 2.48 bits per heavy atom. The first kappa shape index (κ1) is 30.3. The van der Waals surface area contributed by atoms with Crippen LogP contribution in [0.4, 0.5) is 4.79 Å². The molecule has 2 aromatic rings. The summed E-state index contributed by atoms with van der Waals surface area (Å²) in [5.41, 5.74) is 0.921. The number of hydrogen-bond donors (Lipinski definition) is 3. The molecule has 2 aliphatic rings. The van der Waals surface area contributed by atoms with E-state index in [1.54, 1.807) is 12.1 Å². The summed E-state index contributed by atoms with van der Waals surface area (Å²) in [5.74, 6) is 1.07. The number of carbonyl (C=O) groups excluding carboxylic acids is 1. The van der Waals surface area contributed by atoms with E-state index in [0.717, 1.165) is 25.0 Å². The molecule has 2 aromatic carbocycles. The molecule has 0 aromatic heterocycles. The van der Waals surface area contributed by atoms with Crippen LogP contribution in [0.3, 0.4) is 0 Å². The third-order valence-electron chi connectivity index (χ3n) is 7.36. The second-order valence-electron chi connectivity index (χ2n) is 11.0. The van der Waals surface area contributed by atoms with E-state index in [1.807, 2.05) is 44.2 Å². The van der Waals surface area contributed by atoms with Crippen molar-refractivity contribution < 1.29 is 32.5 Å². The number of aliphatic hydroxyl groups is 1. The number of hydrogen-bond acceptors (Lipinski definition) is 8. The number of nitrogens with one attached hydrogen (secondary N) is 2. The first-order chi connectivity index (χ1) is 19.1. The zero-order valence-corrected chi connectivity index (χ0v) is 24.2. The van der Waals surface area contributed by atoms with Crippen molar-refractivity contribution >= 4 is 16.1 Å². The highest BCUT2D eigenvalue weighted by molar-refractivity contribution is 7.89. The Morgan fingerprint density at radius 2 is 1.82 bits per heavy atom. The number of hydrazine groups is 1. The molecule has 0 radical (unpaired) electrons. The highest BCUT2D eigenvalue weighted by Crippen LogP contribution is 2.37. The van der Waals surface area contributed by atoms with E-state index in [0.29, 0.717) is 31.1 Å². The largest absolute Gasteiger partial charge is 0.497 e. The molecule has 5 atom stereocenters. The van der Waals surface area contributed by atoms with Gasteiger partial charge in [-0.25, -0.2) is 18.2 Å². The third kappa shape index (κ3) is 8.40. The Bertz CT molecular complexity index is 1180. The lowest BCUT2D eigenvalue weighted by atomic mass is 10.0. The average molecular weight is 576 g/mol. The van der Waals surface area contributed by atoms with E-state index in [4.69, 9.17) is 14.2 Å². The Hall–Kier alpha value is -2.70. The Kier molecular flexibility index (Phi) is 10.4. The van der Waals surface area contributed by atoms with Crippen molar-refractivity contribution in [3.05, 3.63) is 60.2 Å². The summed E-state index contributed by atoms with van der Waals surface area (Å²) in [6.45, 7) is 4.97. The summed E-state index contributed by atoms with van der Waals surface area (Å²) in [7, 11) is -2.41. The Labute approximate surface area is 237 Å². The zero-order chi connectivity index (χ0) is 28.7. The number of methoxy groups -OCH3 is 1. The van der Waals surface area contributed by atoms with Crippen LogP contribution in [0.15, 0.2) is 59.5 Å². The fraction of sp³-hybridized carbons (Fsp3) is 0.552. The molecule has 1 amide bonds. The number of rotatable bonds is 13. The van der Waals surface area contributed by atoms with Crippen LogP contribution >= 0.6 is 0 Å². The molecule has 11 heteroatoms. The fourth-order valence-electron chi connectivity index (χ4n) is 5.42. The number of amides is 1. The normalized spacial score (nSPS) is 22.2. The van der Waals surface area contributed by atoms with Gasteiger partial charge >= 0.3 is 6.09 Å². The molecule has 4 rings (SSSR count). The van der Waals surface area contributed by atoms with Crippen LogP contribution in [0.1, 0.15) is 38.7 Å². The highest BCUT2D eigenvalue weighted by atomic mass is 32.2. The lowest BCUT2D eigenvalue weighted by molar-refractivity contribution is 0.0458. The van der Waals surface area contributed by atoms with Crippen molar-refractivity contribution in [3.8, 4) is 5.75 Å². The van der Waals surface area contributed by atoms with E-state index in [9.17, 15) is 18.3 Å². The molecular formula is C29H41N3O7S. The molecule has 1 aliphatic heterocycles. The van der Waals surface area contributed by atoms with Crippen LogP contribution < -0.4 is 14.9 Å². The van der Waals surface area contributed by atoms with Gasteiger partial charge in [-0.3, -0.25) is 0 Å². The molecule has 0 spiro atoms. The van der Waals surface area contributed by atoms with E-state index in [1.165, 1.54) is 24.3 Å². The monoisotopic (exact) mass is 575 g/mol. The molecule has 220 valence electrons. The molecular weight excluding hydrogens is 534 g/mol. The van der Waals surface area contributed by atoms with Crippen molar-refractivity contribution in [2.45, 2.75) is 68.8 Å². The van der Waals surface area contributed by atoms with E-state index in [2.05, 4.69) is 10.1 Å². The van der Waals surface area contributed by atoms with E-state index < -0.39 is 28.3 Å². The van der Waals surface area contributed by atoms with E-state index >= 15 is 0 Å². The van der Waals surface area contributed by atoms with Crippen LogP contribution in [0.25, 0.3) is 0 Å². The van der Waals surface area contributed by atoms with Gasteiger partial charge in [0.15, 0.2) is 0 Å². The molecule has 1 saturated carbocycles. The van der Waals surface area contributed by atoms with Crippen molar-refractivity contribution in [3.63, 3.8) is 0 Å². The number of aliphatic hydroxyl groups excluding tert-OH is 1. The van der Waals surface area contributed by atoms with Crippen molar-refractivity contribution in [1.29, 1.82) is 0 Å². The summed E-state index contributed by atoms with van der Waals surface area (Å²) in [6, 6.07) is 14.9. The number of ether oxygens (including phenoxy) is 3. The summed E-state index contributed by atoms with van der Waals surface area (Å²) in [6.07, 6.45) is 1.01. The molecule has 3 N–H and O–H groups in total. The van der Waals surface area contributed by atoms with E-state index in [-0.39, 0.29) is 29.6 Å². The van der Waals surface area contributed by atoms with Gasteiger partial charge in [0.25, 0.3) is 10.0 Å².